The van der Waals surface area contributed by atoms with Crippen LogP contribution in [0.2, 0.25) is 0 Å². The van der Waals surface area contributed by atoms with E-state index in [2.05, 4.69) is 25.6 Å². The van der Waals surface area contributed by atoms with Gasteiger partial charge in [0.25, 0.3) is 5.91 Å². The first-order chi connectivity index (χ1) is 13.5. The number of rotatable bonds is 9. The first-order valence-electron chi connectivity index (χ1n) is 9.05. The normalized spacial score (nSPS) is 11.1. The average molecular weight is 421 g/mol. The molecule has 0 aliphatic carbocycles. The molecule has 0 bridgehead atoms. The Morgan fingerprint density at radius 1 is 1.18 bits per heavy atom. The van der Waals surface area contributed by atoms with Crippen LogP contribution in [0.15, 0.2) is 5.38 Å². The summed E-state index contributed by atoms with van der Waals surface area (Å²) < 4.78 is 10.5. The van der Waals surface area contributed by atoms with Gasteiger partial charge in [-0.25, -0.2) is 9.97 Å². The molecule has 150 valence electrons. The maximum atomic E-state index is 12.7. The molecule has 1 N–H and O–H groups in total. The van der Waals surface area contributed by atoms with E-state index >= 15 is 0 Å². The highest BCUT2D eigenvalue weighted by molar-refractivity contribution is 7.20. The second kappa shape index (κ2) is 9.40. The highest BCUT2D eigenvalue weighted by Crippen LogP contribution is 2.35. The van der Waals surface area contributed by atoms with Crippen molar-refractivity contribution in [1.82, 2.24) is 20.3 Å². The summed E-state index contributed by atoms with van der Waals surface area (Å²) >= 11 is 3.05. The fourth-order valence-electron chi connectivity index (χ4n) is 2.90. The van der Waals surface area contributed by atoms with Gasteiger partial charge < -0.3 is 14.8 Å². The Balaban J connectivity index is 1.63. The zero-order valence-corrected chi connectivity index (χ0v) is 18.1. The Morgan fingerprint density at radius 2 is 2.00 bits per heavy atom. The summed E-state index contributed by atoms with van der Waals surface area (Å²) in [6.45, 7) is 4.84. The highest BCUT2D eigenvalue weighted by atomic mass is 32.1. The van der Waals surface area contributed by atoms with Crippen LogP contribution >= 0.6 is 22.7 Å². The van der Waals surface area contributed by atoms with Crippen molar-refractivity contribution in [1.29, 1.82) is 0 Å². The number of aromatic nitrogens is 3. The van der Waals surface area contributed by atoms with E-state index in [0.29, 0.717) is 29.7 Å². The van der Waals surface area contributed by atoms with Gasteiger partial charge in [0, 0.05) is 24.7 Å². The molecule has 0 fully saturated rings. The van der Waals surface area contributed by atoms with Crippen LogP contribution in [-0.2, 0) is 17.8 Å². The third-order valence-corrected chi connectivity index (χ3v) is 6.46. The second-order valence-electron chi connectivity index (χ2n) is 6.41. The van der Waals surface area contributed by atoms with Gasteiger partial charge in [0.15, 0.2) is 5.82 Å². The van der Waals surface area contributed by atoms with Gasteiger partial charge in [-0.1, -0.05) is 0 Å². The van der Waals surface area contributed by atoms with Gasteiger partial charge in [-0.15, -0.1) is 22.7 Å². The standard InChI is InChI=1S/C19H24N4O3S2/c1-11-10-27-14(21-11)7-5-6-8-20-17(24)16-12(2)15-18(26-4)22-13(9-25-3)23-19(15)28-16/h10H,5-9H2,1-4H3,(H,20,24). The average Bonchev–Trinajstić information content (AvgIpc) is 3.24. The molecule has 3 rings (SSSR count). The molecular weight excluding hydrogens is 396 g/mol. The molecule has 9 heteroatoms. The van der Waals surface area contributed by atoms with E-state index in [9.17, 15) is 4.79 Å². The van der Waals surface area contributed by atoms with Crippen LogP contribution in [0.1, 0.15) is 44.6 Å². The van der Waals surface area contributed by atoms with E-state index in [1.54, 1.807) is 25.6 Å². The molecule has 1 amide bonds. The molecule has 3 aromatic rings. The van der Waals surface area contributed by atoms with Crippen molar-refractivity contribution in [3.05, 3.63) is 32.3 Å². The van der Waals surface area contributed by atoms with Crippen molar-refractivity contribution in [2.24, 2.45) is 0 Å². The molecule has 0 radical (unpaired) electrons. The minimum Gasteiger partial charge on any atom is -0.480 e. The van der Waals surface area contributed by atoms with E-state index in [4.69, 9.17) is 9.47 Å². The monoisotopic (exact) mass is 420 g/mol. The number of hydrogen-bond donors (Lipinski definition) is 1. The number of methoxy groups -OCH3 is 2. The van der Waals surface area contributed by atoms with Crippen molar-refractivity contribution in [3.63, 3.8) is 0 Å². The van der Waals surface area contributed by atoms with Gasteiger partial charge >= 0.3 is 0 Å². The first-order valence-corrected chi connectivity index (χ1v) is 10.7. The number of nitrogens with zero attached hydrogens (tertiary/aromatic N) is 3. The molecule has 3 aromatic heterocycles. The largest absolute Gasteiger partial charge is 0.480 e. The number of fused-ring (bicyclic) bond motifs is 1. The number of thiazole rings is 1. The SMILES string of the molecule is COCc1nc(OC)c2c(C)c(C(=O)NCCCCc3nc(C)cs3)sc2n1. The summed E-state index contributed by atoms with van der Waals surface area (Å²) in [7, 11) is 3.16. The Kier molecular flexibility index (Phi) is 6.93. The minimum absolute atomic E-state index is 0.0825. The molecule has 0 saturated carbocycles. The molecule has 0 aromatic carbocycles. The van der Waals surface area contributed by atoms with Crippen molar-refractivity contribution < 1.29 is 14.3 Å². The zero-order valence-electron chi connectivity index (χ0n) is 16.5. The quantitative estimate of drug-likeness (QED) is 0.532. The number of hydrogen-bond acceptors (Lipinski definition) is 8. The minimum atomic E-state index is -0.0825. The van der Waals surface area contributed by atoms with Crippen molar-refractivity contribution in [3.8, 4) is 5.88 Å². The number of unbranched alkanes of at least 4 members (excludes halogenated alkanes) is 1. The highest BCUT2D eigenvalue weighted by Gasteiger charge is 2.20. The van der Waals surface area contributed by atoms with E-state index in [0.717, 1.165) is 45.7 Å². The number of thiophene rings is 1. The number of carbonyl (C=O) groups is 1. The molecule has 7 nitrogen and oxygen atoms in total. The van der Waals surface area contributed by atoms with E-state index in [1.807, 2.05) is 13.8 Å². The Bertz CT molecular complexity index is 968. The lowest BCUT2D eigenvalue weighted by Gasteiger charge is -2.05. The second-order valence-corrected chi connectivity index (χ2v) is 8.36. The summed E-state index contributed by atoms with van der Waals surface area (Å²) in [5, 5.41) is 7.02. The van der Waals surface area contributed by atoms with Crippen molar-refractivity contribution >= 4 is 38.8 Å². The van der Waals surface area contributed by atoms with Crippen molar-refractivity contribution in [2.45, 2.75) is 39.7 Å². The van der Waals surface area contributed by atoms with Crippen LogP contribution in [0.3, 0.4) is 0 Å². The van der Waals surface area contributed by atoms with Gasteiger partial charge in [0.1, 0.15) is 11.4 Å². The summed E-state index contributed by atoms with van der Waals surface area (Å²) in [5.74, 6) is 0.932. The Morgan fingerprint density at radius 3 is 2.68 bits per heavy atom. The fourth-order valence-corrected chi connectivity index (χ4v) is 4.83. The van der Waals surface area contributed by atoms with Gasteiger partial charge in [-0.3, -0.25) is 4.79 Å². The number of ether oxygens (including phenoxy) is 2. The number of carbonyl (C=O) groups excluding carboxylic acids is 1. The number of aryl methyl sites for hydroxylation is 3. The molecule has 0 aliphatic rings. The summed E-state index contributed by atoms with van der Waals surface area (Å²) in [6, 6.07) is 0. The van der Waals surface area contributed by atoms with Gasteiger partial charge in [0.05, 0.1) is 22.4 Å². The van der Waals surface area contributed by atoms with Gasteiger partial charge in [0.2, 0.25) is 5.88 Å². The Hall–Kier alpha value is -2.10. The summed E-state index contributed by atoms with van der Waals surface area (Å²) in [4.78, 5) is 27.4. The molecule has 28 heavy (non-hydrogen) atoms. The zero-order chi connectivity index (χ0) is 20.1. The van der Waals surface area contributed by atoms with E-state index in [1.165, 1.54) is 11.3 Å². The fraction of sp³-hybridized carbons (Fsp3) is 0.474. The van der Waals surface area contributed by atoms with Crippen LogP contribution < -0.4 is 10.1 Å². The summed E-state index contributed by atoms with van der Waals surface area (Å²) in [5.41, 5.74) is 1.91. The first kappa shape index (κ1) is 20.6. The van der Waals surface area contributed by atoms with E-state index < -0.39 is 0 Å². The van der Waals surface area contributed by atoms with Gasteiger partial charge in [-0.05, 0) is 38.7 Å². The molecule has 0 aliphatic heterocycles. The van der Waals surface area contributed by atoms with E-state index in [-0.39, 0.29) is 5.91 Å². The van der Waals surface area contributed by atoms with Gasteiger partial charge in [-0.2, -0.15) is 4.98 Å². The van der Waals surface area contributed by atoms with Crippen LogP contribution in [0.4, 0.5) is 0 Å². The maximum absolute atomic E-state index is 12.7. The lowest BCUT2D eigenvalue weighted by molar-refractivity contribution is 0.0956. The Labute approximate surface area is 172 Å². The topological polar surface area (TPSA) is 86.2 Å². The molecule has 0 spiro atoms. The van der Waals surface area contributed by atoms with Crippen LogP contribution in [0.5, 0.6) is 5.88 Å². The summed E-state index contributed by atoms with van der Waals surface area (Å²) in [6.07, 6.45) is 2.86. The number of amides is 1. The predicted molar refractivity (Wildman–Crippen MR) is 112 cm³/mol. The lowest BCUT2D eigenvalue weighted by Crippen LogP contribution is -2.24. The van der Waals surface area contributed by atoms with Crippen molar-refractivity contribution in [2.75, 3.05) is 20.8 Å². The van der Waals surface area contributed by atoms with Crippen LogP contribution in [0, 0.1) is 13.8 Å². The molecule has 0 saturated heterocycles. The molecule has 3 heterocycles. The maximum Gasteiger partial charge on any atom is 0.261 e. The molecular formula is C19H24N4O3S2. The smallest absolute Gasteiger partial charge is 0.261 e. The third kappa shape index (κ3) is 4.65. The third-order valence-electron chi connectivity index (χ3n) is 4.25. The molecule has 0 atom stereocenters. The molecule has 0 unspecified atom stereocenters. The number of nitrogens with one attached hydrogen (secondary N) is 1. The van der Waals surface area contributed by atoms with Crippen LogP contribution in [-0.4, -0.2) is 41.6 Å². The predicted octanol–water partition coefficient (Wildman–Crippen LogP) is 3.67. The van der Waals surface area contributed by atoms with Crippen LogP contribution in [0.25, 0.3) is 10.2 Å². The lowest BCUT2D eigenvalue weighted by atomic mass is 10.2.